The molecule has 1 fully saturated rings. The summed E-state index contributed by atoms with van der Waals surface area (Å²) in [4.78, 5) is 25.4. The number of rotatable bonds is 8. The van der Waals surface area contributed by atoms with E-state index >= 15 is 4.39 Å². The number of carbonyl (C=O) groups is 1. The van der Waals surface area contributed by atoms with Gasteiger partial charge in [-0.15, -0.1) is 0 Å². The van der Waals surface area contributed by atoms with Gasteiger partial charge in [0.25, 0.3) is 11.5 Å². The highest BCUT2D eigenvalue weighted by Crippen LogP contribution is 2.38. The highest BCUT2D eigenvalue weighted by Gasteiger charge is 2.25. The predicted octanol–water partition coefficient (Wildman–Crippen LogP) is 5.74. The number of pyridine rings is 1. The lowest BCUT2D eigenvalue weighted by Crippen LogP contribution is -2.35. The third-order valence-corrected chi connectivity index (χ3v) is 8.28. The molecule has 3 aromatic carbocycles. The van der Waals surface area contributed by atoms with Crippen molar-refractivity contribution >= 4 is 11.6 Å². The van der Waals surface area contributed by atoms with E-state index in [0.717, 1.165) is 47.1 Å². The SMILES string of the molecule is COc1cc(-c2cccc(-c3cccc(NC(=O)c4cccn(C)c4=O)c3C)c2C)cc(F)c1CN[C@@H]1CCC[C@H]1O. The van der Waals surface area contributed by atoms with Gasteiger partial charge in [0.1, 0.15) is 17.1 Å². The molecule has 1 aromatic heterocycles. The van der Waals surface area contributed by atoms with Crippen LogP contribution in [-0.2, 0) is 13.6 Å². The second kappa shape index (κ2) is 12.3. The molecule has 4 aromatic rings. The van der Waals surface area contributed by atoms with Crippen LogP contribution >= 0.6 is 0 Å². The number of ether oxygens (including phenoxy) is 1. The summed E-state index contributed by atoms with van der Waals surface area (Å²) in [6.07, 6.45) is 3.77. The number of amides is 1. The second-order valence-corrected chi connectivity index (χ2v) is 10.9. The molecule has 0 radical (unpaired) electrons. The van der Waals surface area contributed by atoms with E-state index in [0.29, 0.717) is 22.6 Å². The Morgan fingerprint density at radius 1 is 1.02 bits per heavy atom. The smallest absolute Gasteiger partial charge is 0.263 e. The summed E-state index contributed by atoms with van der Waals surface area (Å²) in [6, 6.07) is 18.0. The molecule has 0 bridgehead atoms. The number of aryl methyl sites for hydroxylation is 1. The molecule has 7 nitrogen and oxygen atoms in total. The summed E-state index contributed by atoms with van der Waals surface area (Å²) in [5, 5.41) is 16.3. The van der Waals surface area contributed by atoms with Crippen LogP contribution < -0.4 is 20.9 Å². The molecular weight excluding hydrogens is 533 g/mol. The molecule has 3 N–H and O–H groups in total. The maximum atomic E-state index is 15.5. The number of hydrogen-bond donors (Lipinski definition) is 3. The van der Waals surface area contributed by atoms with Crippen molar-refractivity contribution in [1.29, 1.82) is 0 Å². The summed E-state index contributed by atoms with van der Waals surface area (Å²) >= 11 is 0. The van der Waals surface area contributed by atoms with Gasteiger partial charge in [-0.25, -0.2) is 4.39 Å². The summed E-state index contributed by atoms with van der Waals surface area (Å²) in [6.45, 7) is 4.18. The molecule has 8 heteroatoms. The van der Waals surface area contributed by atoms with Crippen LogP contribution in [0.15, 0.2) is 71.7 Å². The number of methoxy groups -OCH3 is 1. The molecule has 0 unspecified atom stereocenters. The van der Waals surface area contributed by atoms with Crippen molar-refractivity contribution in [3.63, 3.8) is 0 Å². The van der Waals surface area contributed by atoms with Crippen LogP contribution in [-0.4, -0.2) is 34.8 Å². The minimum absolute atomic E-state index is 0.0467. The first-order valence-electron chi connectivity index (χ1n) is 14.1. The maximum absolute atomic E-state index is 15.5. The van der Waals surface area contributed by atoms with Crippen LogP contribution in [0.25, 0.3) is 22.3 Å². The van der Waals surface area contributed by atoms with Crippen molar-refractivity contribution in [2.24, 2.45) is 7.05 Å². The Bertz CT molecular complexity index is 1700. The number of carbonyl (C=O) groups excluding carboxylic acids is 1. The average molecular weight is 570 g/mol. The molecule has 1 saturated carbocycles. The van der Waals surface area contributed by atoms with Crippen LogP contribution in [0, 0.1) is 19.7 Å². The van der Waals surface area contributed by atoms with Crippen LogP contribution in [0.2, 0.25) is 0 Å². The van der Waals surface area contributed by atoms with Crippen molar-refractivity contribution in [2.45, 2.75) is 51.8 Å². The molecule has 1 aliphatic rings. The molecule has 2 atom stereocenters. The number of aromatic nitrogens is 1. The Labute approximate surface area is 245 Å². The fourth-order valence-electron chi connectivity index (χ4n) is 5.80. The monoisotopic (exact) mass is 569 g/mol. The first kappa shape index (κ1) is 29.2. The largest absolute Gasteiger partial charge is 0.496 e. The van der Waals surface area contributed by atoms with Crippen molar-refractivity contribution in [3.8, 4) is 28.0 Å². The van der Waals surface area contributed by atoms with Crippen molar-refractivity contribution in [3.05, 3.63) is 105 Å². The Hall–Kier alpha value is -4.27. The van der Waals surface area contributed by atoms with Crippen molar-refractivity contribution in [1.82, 2.24) is 9.88 Å². The number of anilines is 1. The lowest BCUT2D eigenvalue weighted by atomic mass is 9.90. The van der Waals surface area contributed by atoms with Gasteiger partial charge in [-0.1, -0.05) is 30.3 Å². The van der Waals surface area contributed by atoms with Crippen LogP contribution in [0.4, 0.5) is 10.1 Å². The van der Waals surface area contributed by atoms with E-state index in [1.807, 2.05) is 50.2 Å². The lowest BCUT2D eigenvalue weighted by molar-refractivity contribution is 0.102. The molecule has 0 spiro atoms. The van der Waals surface area contributed by atoms with Crippen molar-refractivity contribution in [2.75, 3.05) is 12.4 Å². The summed E-state index contributed by atoms with van der Waals surface area (Å²) in [5.74, 6) is -0.397. The van der Waals surface area contributed by atoms with Gasteiger partial charge in [0.15, 0.2) is 0 Å². The van der Waals surface area contributed by atoms with E-state index in [9.17, 15) is 14.7 Å². The topological polar surface area (TPSA) is 92.6 Å². The van der Waals surface area contributed by atoms with Gasteiger partial charge in [-0.05, 0) is 96.8 Å². The molecule has 0 saturated heterocycles. The third kappa shape index (κ3) is 5.73. The van der Waals surface area contributed by atoms with Gasteiger partial charge in [-0.2, -0.15) is 0 Å². The van der Waals surface area contributed by atoms with Gasteiger partial charge in [0.05, 0.1) is 13.2 Å². The summed E-state index contributed by atoms with van der Waals surface area (Å²) in [5.41, 5.74) is 5.93. The van der Waals surface area contributed by atoms with E-state index in [2.05, 4.69) is 10.6 Å². The number of aliphatic hydroxyl groups excluding tert-OH is 1. The normalized spacial score (nSPS) is 16.4. The standard InChI is InChI=1S/C34H36FN3O4/c1-20-23(22-17-28(35)27(32(18-22)42-4)19-36-30-14-7-15-31(30)39)9-5-10-24(20)25-11-6-13-29(21(25)2)37-33(40)26-12-8-16-38(3)34(26)41/h5-6,8-13,16-18,30-31,36,39H,7,14-15,19H2,1-4H3,(H,37,40)/t30-,31-/m1/s1. The van der Waals surface area contributed by atoms with E-state index in [1.54, 1.807) is 25.4 Å². The minimum Gasteiger partial charge on any atom is -0.496 e. The van der Waals surface area contributed by atoms with Gasteiger partial charge in [0.2, 0.25) is 0 Å². The molecule has 1 heterocycles. The zero-order chi connectivity index (χ0) is 30.0. The molecular formula is C34H36FN3O4. The van der Waals surface area contributed by atoms with Crippen LogP contribution in [0.3, 0.4) is 0 Å². The van der Waals surface area contributed by atoms with E-state index in [4.69, 9.17) is 4.74 Å². The molecule has 1 amide bonds. The Morgan fingerprint density at radius 2 is 1.74 bits per heavy atom. The van der Waals surface area contributed by atoms with Gasteiger partial charge in [-0.3, -0.25) is 9.59 Å². The van der Waals surface area contributed by atoms with E-state index in [-0.39, 0.29) is 29.5 Å². The number of nitrogens with one attached hydrogen (secondary N) is 2. The molecule has 5 rings (SSSR count). The number of aliphatic hydroxyl groups is 1. The van der Waals surface area contributed by atoms with Crippen LogP contribution in [0.5, 0.6) is 5.75 Å². The third-order valence-electron chi connectivity index (χ3n) is 8.28. The summed E-state index contributed by atoms with van der Waals surface area (Å²) < 4.78 is 22.5. The highest BCUT2D eigenvalue weighted by molar-refractivity contribution is 6.05. The van der Waals surface area contributed by atoms with E-state index < -0.39 is 12.0 Å². The first-order chi connectivity index (χ1) is 20.2. The zero-order valence-corrected chi connectivity index (χ0v) is 24.3. The Kier molecular flexibility index (Phi) is 8.56. The fraction of sp³-hybridized carbons (Fsp3) is 0.294. The molecule has 218 valence electrons. The van der Waals surface area contributed by atoms with Crippen molar-refractivity contribution < 1.29 is 19.0 Å². The number of hydrogen-bond acceptors (Lipinski definition) is 5. The number of benzene rings is 3. The molecule has 0 aliphatic heterocycles. The number of nitrogens with zero attached hydrogens (tertiary/aromatic N) is 1. The number of halogens is 1. The quantitative estimate of drug-likeness (QED) is 0.252. The molecule has 1 aliphatic carbocycles. The lowest BCUT2D eigenvalue weighted by Gasteiger charge is -2.20. The minimum atomic E-state index is -0.471. The Morgan fingerprint density at radius 3 is 2.45 bits per heavy atom. The Balaban J connectivity index is 1.45. The molecule has 42 heavy (non-hydrogen) atoms. The van der Waals surface area contributed by atoms with Gasteiger partial charge < -0.3 is 25.0 Å². The fourth-order valence-corrected chi connectivity index (χ4v) is 5.80. The van der Waals surface area contributed by atoms with Crippen LogP contribution in [0.1, 0.15) is 46.3 Å². The summed E-state index contributed by atoms with van der Waals surface area (Å²) in [7, 11) is 3.14. The van der Waals surface area contributed by atoms with Gasteiger partial charge >= 0.3 is 0 Å². The van der Waals surface area contributed by atoms with E-state index in [1.165, 1.54) is 23.8 Å². The zero-order valence-electron chi connectivity index (χ0n) is 24.3. The predicted molar refractivity (Wildman–Crippen MR) is 163 cm³/mol. The second-order valence-electron chi connectivity index (χ2n) is 10.9. The highest BCUT2D eigenvalue weighted by atomic mass is 19.1. The maximum Gasteiger partial charge on any atom is 0.263 e. The van der Waals surface area contributed by atoms with Gasteiger partial charge in [0, 0.05) is 37.1 Å². The first-order valence-corrected chi connectivity index (χ1v) is 14.1. The average Bonchev–Trinajstić information content (AvgIpc) is 3.39.